The van der Waals surface area contributed by atoms with Crippen molar-refractivity contribution in [1.29, 1.82) is 0 Å². The fourth-order valence-electron chi connectivity index (χ4n) is 2.50. The number of carbonyl (C=O) groups is 1. The van der Waals surface area contributed by atoms with Crippen molar-refractivity contribution in [3.8, 4) is 5.75 Å². The Morgan fingerprint density at radius 3 is 2.88 bits per heavy atom. The molecule has 1 N–H and O–H groups in total. The van der Waals surface area contributed by atoms with Crippen molar-refractivity contribution in [2.45, 2.75) is 33.6 Å². The molecule has 1 aromatic carbocycles. The largest absolute Gasteiger partial charge is 0.483 e. The Morgan fingerprint density at radius 2 is 2.21 bits per heavy atom. The Kier molecular flexibility index (Phi) is 6.21. The predicted molar refractivity (Wildman–Crippen MR) is 98.6 cm³/mol. The fraction of sp³-hybridized carbons (Fsp3) is 0.368. The Morgan fingerprint density at radius 1 is 1.46 bits per heavy atom. The summed E-state index contributed by atoms with van der Waals surface area (Å²) >= 11 is 5.90. The third-order valence-corrected chi connectivity index (χ3v) is 4.35. The van der Waals surface area contributed by atoms with Crippen LogP contribution in [0.5, 0.6) is 5.75 Å². The maximum Gasteiger partial charge on any atom is 0.277 e. The van der Waals surface area contributed by atoms with Crippen LogP contribution in [0.25, 0.3) is 0 Å². The highest BCUT2D eigenvalue weighted by molar-refractivity contribution is 6.30. The zero-order valence-electron chi connectivity index (χ0n) is 14.4. The molecule has 1 atom stereocenters. The van der Waals surface area contributed by atoms with Gasteiger partial charge in [-0.1, -0.05) is 29.8 Å². The first-order valence-electron chi connectivity index (χ1n) is 7.93. The number of amides is 1. The Hall–Kier alpha value is -2.07. The van der Waals surface area contributed by atoms with Gasteiger partial charge in [0.1, 0.15) is 5.75 Å². The minimum atomic E-state index is -0.290. The highest BCUT2D eigenvalue weighted by Gasteiger charge is 2.18. The van der Waals surface area contributed by atoms with Crippen LogP contribution in [0.1, 0.15) is 32.3 Å². The lowest BCUT2D eigenvalue weighted by atomic mass is 9.85. The summed E-state index contributed by atoms with van der Waals surface area (Å²) < 4.78 is 5.51. The van der Waals surface area contributed by atoms with Crippen LogP contribution in [-0.4, -0.2) is 18.2 Å². The van der Waals surface area contributed by atoms with Gasteiger partial charge in [-0.15, -0.1) is 0 Å². The SMILES string of the molecule is C=C(C)[C@H]1CC=C(C)C(=NNC(=O)COc2ccc(Cl)cc2C)C1. The molecule has 1 aliphatic rings. The second-order valence-corrected chi connectivity index (χ2v) is 6.60. The molecule has 1 aromatic rings. The minimum Gasteiger partial charge on any atom is -0.483 e. The van der Waals surface area contributed by atoms with Gasteiger partial charge in [-0.25, -0.2) is 5.43 Å². The molecule has 24 heavy (non-hydrogen) atoms. The van der Waals surface area contributed by atoms with Gasteiger partial charge in [-0.05, 0) is 68.9 Å². The molecule has 1 amide bonds. The summed E-state index contributed by atoms with van der Waals surface area (Å²) in [4.78, 5) is 12.0. The molecule has 0 bridgehead atoms. The van der Waals surface area contributed by atoms with E-state index in [0.29, 0.717) is 16.7 Å². The number of hydrogen-bond donors (Lipinski definition) is 1. The number of hydrazone groups is 1. The van der Waals surface area contributed by atoms with Crippen LogP contribution in [0.2, 0.25) is 5.02 Å². The second kappa shape index (κ2) is 8.15. The first-order valence-corrected chi connectivity index (χ1v) is 8.31. The van der Waals surface area contributed by atoms with E-state index in [1.165, 1.54) is 0 Å². The number of ether oxygens (including phenoxy) is 1. The molecule has 4 nitrogen and oxygen atoms in total. The lowest BCUT2D eigenvalue weighted by Gasteiger charge is -2.22. The number of nitrogens with one attached hydrogen (secondary N) is 1. The number of carbonyl (C=O) groups excluding carboxylic acids is 1. The van der Waals surface area contributed by atoms with Gasteiger partial charge in [-0.3, -0.25) is 4.79 Å². The summed E-state index contributed by atoms with van der Waals surface area (Å²) in [7, 11) is 0. The highest BCUT2D eigenvalue weighted by atomic mass is 35.5. The normalized spacial score (nSPS) is 18.9. The molecule has 0 aliphatic heterocycles. The smallest absolute Gasteiger partial charge is 0.277 e. The number of halogens is 1. The van der Waals surface area contributed by atoms with Gasteiger partial charge in [0.25, 0.3) is 5.91 Å². The van der Waals surface area contributed by atoms with Crippen molar-refractivity contribution < 1.29 is 9.53 Å². The quantitative estimate of drug-likeness (QED) is 0.633. The first kappa shape index (κ1) is 18.3. The third-order valence-electron chi connectivity index (χ3n) is 4.11. The number of hydrogen-bond acceptors (Lipinski definition) is 3. The van der Waals surface area contributed by atoms with Gasteiger partial charge < -0.3 is 4.74 Å². The van der Waals surface area contributed by atoms with Crippen molar-refractivity contribution in [3.05, 3.63) is 52.6 Å². The standard InChI is InChI=1S/C19H23ClN2O2/c1-12(2)15-6-5-13(3)17(10-15)21-22-19(23)11-24-18-8-7-16(20)9-14(18)4/h5,7-9,15H,1,6,10-11H2,2-4H3,(H,22,23)/t15-/m0/s1. The maximum absolute atomic E-state index is 12.0. The molecule has 0 spiro atoms. The zero-order chi connectivity index (χ0) is 17.7. The zero-order valence-corrected chi connectivity index (χ0v) is 15.1. The van der Waals surface area contributed by atoms with E-state index >= 15 is 0 Å². The summed E-state index contributed by atoms with van der Waals surface area (Å²) in [5.41, 5.74) is 6.59. The Labute approximate surface area is 148 Å². The minimum absolute atomic E-state index is 0.0913. The molecule has 0 unspecified atom stereocenters. The van der Waals surface area contributed by atoms with Crippen LogP contribution >= 0.6 is 11.6 Å². The Bertz CT molecular complexity index is 707. The topological polar surface area (TPSA) is 50.7 Å². The molecule has 1 aliphatic carbocycles. The molecule has 0 saturated heterocycles. The van der Waals surface area contributed by atoms with Gasteiger partial charge in [0.2, 0.25) is 0 Å². The summed E-state index contributed by atoms with van der Waals surface area (Å²) in [6.07, 6.45) is 3.92. The van der Waals surface area contributed by atoms with Gasteiger partial charge in [0.15, 0.2) is 6.61 Å². The average Bonchev–Trinajstić information content (AvgIpc) is 2.53. The molecule has 0 heterocycles. The predicted octanol–water partition coefficient (Wildman–Crippen LogP) is 4.43. The average molecular weight is 347 g/mol. The molecule has 128 valence electrons. The van der Waals surface area contributed by atoms with E-state index < -0.39 is 0 Å². The van der Waals surface area contributed by atoms with E-state index in [4.69, 9.17) is 16.3 Å². The third kappa shape index (κ3) is 4.96. The molecular weight excluding hydrogens is 324 g/mol. The molecule has 0 saturated carbocycles. The lowest BCUT2D eigenvalue weighted by Crippen LogP contribution is -2.27. The van der Waals surface area contributed by atoms with Crippen LogP contribution in [-0.2, 0) is 4.79 Å². The Balaban J connectivity index is 1.91. The van der Waals surface area contributed by atoms with E-state index in [1.54, 1.807) is 18.2 Å². The van der Waals surface area contributed by atoms with Crippen molar-refractivity contribution in [1.82, 2.24) is 5.43 Å². The van der Waals surface area contributed by atoms with E-state index in [-0.39, 0.29) is 12.5 Å². The molecule has 0 aromatic heterocycles. The molecule has 0 radical (unpaired) electrons. The van der Waals surface area contributed by atoms with Gasteiger partial charge >= 0.3 is 0 Å². The van der Waals surface area contributed by atoms with Gasteiger partial charge in [0, 0.05) is 5.02 Å². The molecule has 5 heteroatoms. The summed E-state index contributed by atoms with van der Waals surface area (Å²) in [6, 6.07) is 5.28. The monoisotopic (exact) mass is 346 g/mol. The molecular formula is C19H23ClN2O2. The van der Waals surface area contributed by atoms with Crippen LogP contribution in [0.4, 0.5) is 0 Å². The fourth-order valence-corrected chi connectivity index (χ4v) is 2.73. The summed E-state index contributed by atoms with van der Waals surface area (Å²) in [5.74, 6) is 0.734. The van der Waals surface area contributed by atoms with E-state index in [2.05, 4.69) is 23.2 Å². The maximum atomic E-state index is 12.0. The van der Waals surface area contributed by atoms with Gasteiger partial charge in [0.05, 0.1) is 5.71 Å². The van der Waals surface area contributed by atoms with Crippen LogP contribution in [0.3, 0.4) is 0 Å². The number of allylic oxidation sites excluding steroid dienone is 3. The highest BCUT2D eigenvalue weighted by Crippen LogP contribution is 2.26. The first-order chi connectivity index (χ1) is 11.4. The number of benzene rings is 1. The van der Waals surface area contributed by atoms with E-state index in [9.17, 15) is 4.79 Å². The summed E-state index contributed by atoms with van der Waals surface area (Å²) in [5, 5.41) is 4.89. The van der Waals surface area contributed by atoms with Crippen molar-refractivity contribution in [2.75, 3.05) is 6.61 Å². The molecule has 0 fully saturated rings. The van der Waals surface area contributed by atoms with Crippen LogP contribution < -0.4 is 10.2 Å². The van der Waals surface area contributed by atoms with Crippen molar-refractivity contribution in [2.24, 2.45) is 11.0 Å². The second-order valence-electron chi connectivity index (χ2n) is 6.16. The number of rotatable bonds is 5. The van der Waals surface area contributed by atoms with Gasteiger partial charge in [-0.2, -0.15) is 5.10 Å². The van der Waals surface area contributed by atoms with Crippen LogP contribution in [0, 0.1) is 12.8 Å². The van der Waals surface area contributed by atoms with Crippen molar-refractivity contribution in [3.63, 3.8) is 0 Å². The van der Waals surface area contributed by atoms with Crippen molar-refractivity contribution >= 4 is 23.2 Å². The van der Waals surface area contributed by atoms with E-state index in [0.717, 1.165) is 35.3 Å². The van der Waals surface area contributed by atoms with Crippen LogP contribution in [0.15, 0.2) is 47.1 Å². The number of aryl methyl sites for hydroxylation is 1. The molecule has 2 rings (SSSR count). The summed E-state index contributed by atoms with van der Waals surface area (Å²) in [6.45, 7) is 9.83. The van der Waals surface area contributed by atoms with E-state index in [1.807, 2.05) is 20.8 Å². The lowest BCUT2D eigenvalue weighted by molar-refractivity contribution is -0.123. The number of nitrogens with zero attached hydrogens (tertiary/aromatic N) is 1.